The molecule has 0 radical (unpaired) electrons. The number of rotatable bonds is 12. The van der Waals surface area contributed by atoms with Gasteiger partial charge in [-0.15, -0.1) is 0 Å². The molecular formula is C20H34O5. The molecule has 0 aromatic rings. The van der Waals surface area contributed by atoms with Gasteiger partial charge in [0.2, 0.25) is 0 Å². The lowest BCUT2D eigenvalue weighted by molar-refractivity contribution is -0.275. The number of hydrogen-bond acceptors (Lipinski definition) is 5. The highest BCUT2D eigenvalue weighted by Gasteiger charge is 2.37. The maximum atomic E-state index is 11.8. The Labute approximate surface area is 151 Å². The van der Waals surface area contributed by atoms with Gasteiger partial charge in [-0.25, -0.2) is 0 Å². The Morgan fingerprint density at radius 3 is 2.72 bits per heavy atom. The summed E-state index contributed by atoms with van der Waals surface area (Å²) in [4.78, 5) is 11.8. The van der Waals surface area contributed by atoms with E-state index in [1.165, 1.54) is 0 Å². The van der Waals surface area contributed by atoms with Crippen LogP contribution < -0.4 is 0 Å². The summed E-state index contributed by atoms with van der Waals surface area (Å²) in [5, 5.41) is 20.0. The fourth-order valence-corrected chi connectivity index (χ4v) is 2.98. The van der Waals surface area contributed by atoms with Gasteiger partial charge in [0.05, 0.1) is 25.4 Å². The molecule has 1 rings (SSSR count). The first-order chi connectivity index (χ1) is 12.0. The zero-order valence-corrected chi connectivity index (χ0v) is 15.7. The van der Waals surface area contributed by atoms with Crippen LogP contribution in [0.1, 0.15) is 65.2 Å². The van der Waals surface area contributed by atoms with E-state index in [4.69, 9.17) is 9.47 Å². The third-order valence-electron chi connectivity index (χ3n) is 4.40. The predicted molar refractivity (Wildman–Crippen MR) is 98.2 cm³/mol. The molecule has 5 nitrogen and oxygen atoms in total. The summed E-state index contributed by atoms with van der Waals surface area (Å²) in [5.41, 5.74) is 0. The summed E-state index contributed by atoms with van der Waals surface area (Å²) in [6, 6.07) is 0. The van der Waals surface area contributed by atoms with Crippen LogP contribution in [-0.4, -0.2) is 47.2 Å². The van der Waals surface area contributed by atoms with Crippen LogP contribution in [0.15, 0.2) is 24.3 Å². The molecule has 144 valence electrons. The van der Waals surface area contributed by atoms with Crippen molar-refractivity contribution in [2.24, 2.45) is 0 Å². The van der Waals surface area contributed by atoms with E-state index >= 15 is 0 Å². The standard InChI is InChI=1S/C20H34O5/c1-3-5-7-9-17(21)15-18(22)10-13-24-20(12-8-6-4-2)16-19(23)11-14-25-20/h3-6,18-19,22-23H,7-16H2,1-2H3/b5-3+,6-4+/t18-,19-,20-/m0/s1. The van der Waals surface area contributed by atoms with Crippen molar-refractivity contribution in [3.8, 4) is 0 Å². The first-order valence-electron chi connectivity index (χ1n) is 9.39. The minimum absolute atomic E-state index is 0.0673. The first kappa shape index (κ1) is 22.0. The smallest absolute Gasteiger partial charge is 0.171 e. The second-order valence-electron chi connectivity index (χ2n) is 6.65. The second-order valence-corrected chi connectivity index (χ2v) is 6.65. The van der Waals surface area contributed by atoms with Crippen molar-refractivity contribution < 1.29 is 24.5 Å². The number of aliphatic hydroxyl groups is 2. The minimum atomic E-state index is -0.785. The van der Waals surface area contributed by atoms with Crippen LogP contribution in [0.4, 0.5) is 0 Å². The summed E-state index contributed by atoms with van der Waals surface area (Å²) in [6.45, 7) is 4.68. The van der Waals surface area contributed by atoms with Gasteiger partial charge in [-0.2, -0.15) is 0 Å². The fraction of sp³-hybridized carbons (Fsp3) is 0.750. The van der Waals surface area contributed by atoms with E-state index in [1.807, 2.05) is 38.2 Å². The van der Waals surface area contributed by atoms with Gasteiger partial charge in [0.1, 0.15) is 5.78 Å². The molecule has 1 aliphatic rings. The van der Waals surface area contributed by atoms with E-state index in [0.29, 0.717) is 45.3 Å². The van der Waals surface area contributed by atoms with Crippen LogP contribution in [0, 0.1) is 0 Å². The van der Waals surface area contributed by atoms with E-state index in [1.54, 1.807) is 0 Å². The Bertz CT molecular complexity index is 432. The van der Waals surface area contributed by atoms with E-state index in [9.17, 15) is 15.0 Å². The molecule has 0 aromatic heterocycles. The Morgan fingerprint density at radius 1 is 1.32 bits per heavy atom. The maximum Gasteiger partial charge on any atom is 0.171 e. The third kappa shape index (κ3) is 9.31. The summed E-state index contributed by atoms with van der Waals surface area (Å²) in [5.74, 6) is -0.718. The molecule has 2 N–H and O–H groups in total. The molecule has 0 bridgehead atoms. The van der Waals surface area contributed by atoms with E-state index in [0.717, 1.165) is 12.8 Å². The van der Waals surface area contributed by atoms with E-state index in [2.05, 4.69) is 0 Å². The van der Waals surface area contributed by atoms with Crippen LogP contribution in [0.5, 0.6) is 0 Å². The Morgan fingerprint density at radius 2 is 2.04 bits per heavy atom. The van der Waals surface area contributed by atoms with E-state index < -0.39 is 18.0 Å². The minimum Gasteiger partial charge on any atom is -0.393 e. The summed E-state index contributed by atoms with van der Waals surface area (Å²) in [6.07, 6.45) is 11.1. The molecule has 1 heterocycles. The fourth-order valence-electron chi connectivity index (χ4n) is 2.98. The van der Waals surface area contributed by atoms with E-state index in [-0.39, 0.29) is 12.2 Å². The molecule has 0 amide bonds. The highest BCUT2D eigenvalue weighted by molar-refractivity contribution is 5.78. The topological polar surface area (TPSA) is 76.0 Å². The van der Waals surface area contributed by atoms with Gasteiger partial charge in [0.15, 0.2) is 5.79 Å². The molecular weight excluding hydrogens is 320 g/mol. The second kappa shape index (κ2) is 12.4. The van der Waals surface area contributed by atoms with Crippen molar-refractivity contribution in [2.45, 2.75) is 83.2 Å². The van der Waals surface area contributed by atoms with Gasteiger partial charge in [0, 0.05) is 25.7 Å². The van der Waals surface area contributed by atoms with Gasteiger partial charge in [-0.1, -0.05) is 24.3 Å². The summed E-state index contributed by atoms with van der Waals surface area (Å²) >= 11 is 0. The van der Waals surface area contributed by atoms with Crippen molar-refractivity contribution in [3.63, 3.8) is 0 Å². The zero-order valence-electron chi connectivity index (χ0n) is 15.7. The van der Waals surface area contributed by atoms with Crippen molar-refractivity contribution in [1.29, 1.82) is 0 Å². The normalized spacial score (nSPS) is 25.7. The third-order valence-corrected chi connectivity index (χ3v) is 4.40. The molecule has 0 spiro atoms. The average Bonchev–Trinajstić information content (AvgIpc) is 2.55. The van der Waals surface area contributed by atoms with Crippen LogP contribution in [0.3, 0.4) is 0 Å². The number of carbonyl (C=O) groups is 1. The lowest BCUT2D eigenvalue weighted by atomic mass is 9.98. The zero-order chi connectivity index (χ0) is 18.5. The molecule has 5 heteroatoms. The van der Waals surface area contributed by atoms with Crippen molar-refractivity contribution in [3.05, 3.63) is 24.3 Å². The first-order valence-corrected chi connectivity index (χ1v) is 9.39. The Kier molecular flexibility index (Phi) is 10.9. The lowest BCUT2D eigenvalue weighted by Gasteiger charge is -2.39. The molecule has 0 aliphatic carbocycles. The number of hydrogen-bond donors (Lipinski definition) is 2. The molecule has 1 fully saturated rings. The number of carbonyl (C=O) groups excluding carboxylic acids is 1. The van der Waals surface area contributed by atoms with Crippen LogP contribution in [0.25, 0.3) is 0 Å². The van der Waals surface area contributed by atoms with Gasteiger partial charge in [0.25, 0.3) is 0 Å². The number of ketones is 1. The van der Waals surface area contributed by atoms with Crippen LogP contribution in [0.2, 0.25) is 0 Å². The molecule has 0 saturated carbocycles. The molecule has 3 atom stereocenters. The highest BCUT2D eigenvalue weighted by atomic mass is 16.7. The van der Waals surface area contributed by atoms with Gasteiger partial charge in [-0.05, 0) is 39.5 Å². The monoisotopic (exact) mass is 354 g/mol. The molecule has 1 saturated heterocycles. The van der Waals surface area contributed by atoms with Crippen molar-refractivity contribution >= 4 is 5.78 Å². The summed E-state index contributed by atoms with van der Waals surface area (Å²) < 4.78 is 11.8. The Balaban J connectivity index is 2.38. The van der Waals surface area contributed by atoms with Crippen LogP contribution >= 0.6 is 0 Å². The molecule has 1 aliphatic heterocycles. The molecule has 25 heavy (non-hydrogen) atoms. The predicted octanol–water partition coefficient (Wildman–Crippen LogP) is 3.29. The SMILES string of the molecule is C/C=C/CCC(=O)C[C@@H](O)CCO[C@]1(CC/C=C/C)C[C@@H](O)CCO1. The van der Waals surface area contributed by atoms with Gasteiger partial charge < -0.3 is 19.7 Å². The largest absolute Gasteiger partial charge is 0.393 e. The summed E-state index contributed by atoms with van der Waals surface area (Å²) in [7, 11) is 0. The quantitative estimate of drug-likeness (QED) is 0.526. The van der Waals surface area contributed by atoms with Crippen molar-refractivity contribution in [2.75, 3.05) is 13.2 Å². The lowest BCUT2D eigenvalue weighted by Crippen LogP contribution is -2.44. The average molecular weight is 354 g/mol. The molecule has 0 unspecified atom stereocenters. The number of aliphatic hydroxyl groups excluding tert-OH is 2. The highest BCUT2D eigenvalue weighted by Crippen LogP contribution is 2.31. The molecule has 0 aromatic carbocycles. The van der Waals surface area contributed by atoms with Gasteiger partial charge in [-0.3, -0.25) is 4.79 Å². The van der Waals surface area contributed by atoms with Crippen LogP contribution in [-0.2, 0) is 14.3 Å². The van der Waals surface area contributed by atoms with Crippen molar-refractivity contribution in [1.82, 2.24) is 0 Å². The van der Waals surface area contributed by atoms with Gasteiger partial charge >= 0.3 is 0 Å². The maximum absolute atomic E-state index is 11.8. The number of Topliss-reactive ketones (excluding diaryl/α,β-unsaturated/α-hetero) is 1. The Hall–Kier alpha value is -1.01. The number of ether oxygens (including phenoxy) is 2. The number of allylic oxidation sites excluding steroid dienone is 4.